The lowest BCUT2D eigenvalue weighted by Gasteiger charge is -2.15. The van der Waals surface area contributed by atoms with E-state index in [0.717, 1.165) is 5.69 Å². The maximum absolute atomic E-state index is 12.5. The standard InChI is InChI=1S/C18H17F2N5O4/c1-9-8-10(2)25-18(21-9)23-14(24-25)16(27)28-11(3)15(26)22-12-6-4-5-7-13(12)29-17(19)20/h4-8,11,17H,1-3H3,(H,22,26). The summed E-state index contributed by atoms with van der Waals surface area (Å²) in [5, 5.41) is 6.41. The number of fused-ring (bicyclic) bond motifs is 1. The molecule has 1 aromatic carbocycles. The van der Waals surface area contributed by atoms with E-state index in [1.165, 1.54) is 35.7 Å². The Hall–Kier alpha value is -3.63. The lowest BCUT2D eigenvalue weighted by Crippen LogP contribution is -2.30. The van der Waals surface area contributed by atoms with Gasteiger partial charge < -0.3 is 14.8 Å². The van der Waals surface area contributed by atoms with Crippen molar-refractivity contribution in [2.45, 2.75) is 33.5 Å². The average Bonchev–Trinajstić information content (AvgIpc) is 3.07. The lowest BCUT2D eigenvalue weighted by atomic mass is 10.2. The Labute approximate surface area is 163 Å². The zero-order valence-electron chi connectivity index (χ0n) is 15.7. The first kappa shape index (κ1) is 20.1. The van der Waals surface area contributed by atoms with Crippen LogP contribution in [0.3, 0.4) is 0 Å². The number of para-hydroxylation sites is 2. The van der Waals surface area contributed by atoms with Crippen molar-refractivity contribution in [2.24, 2.45) is 0 Å². The first-order valence-electron chi connectivity index (χ1n) is 8.51. The van der Waals surface area contributed by atoms with Crippen LogP contribution in [0.1, 0.15) is 28.9 Å². The predicted octanol–water partition coefficient (Wildman–Crippen LogP) is 2.53. The van der Waals surface area contributed by atoms with E-state index in [1.807, 2.05) is 0 Å². The van der Waals surface area contributed by atoms with Crippen molar-refractivity contribution in [3.05, 3.63) is 47.5 Å². The Morgan fingerprint density at radius 2 is 1.90 bits per heavy atom. The molecule has 3 rings (SSSR count). The highest BCUT2D eigenvalue weighted by molar-refractivity contribution is 5.97. The molecule has 29 heavy (non-hydrogen) atoms. The molecule has 1 atom stereocenters. The smallest absolute Gasteiger partial charge is 0.387 e. The van der Waals surface area contributed by atoms with E-state index in [-0.39, 0.29) is 23.0 Å². The van der Waals surface area contributed by atoms with Gasteiger partial charge in [-0.2, -0.15) is 13.8 Å². The Morgan fingerprint density at radius 1 is 1.17 bits per heavy atom. The van der Waals surface area contributed by atoms with Crippen LogP contribution in [0, 0.1) is 13.8 Å². The summed E-state index contributed by atoms with van der Waals surface area (Å²) in [5.74, 6) is -1.91. The third-order valence-corrected chi connectivity index (χ3v) is 3.81. The molecule has 0 radical (unpaired) electrons. The molecule has 2 heterocycles. The fourth-order valence-electron chi connectivity index (χ4n) is 2.52. The summed E-state index contributed by atoms with van der Waals surface area (Å²) < 4.78 is 35.8. The second-order valence-electron chi connectivity index (χ2n) is 6.10. The number of carbonyl (C=O) groups is 2. The highest BCUT2D eigenvalue weighted by Crippen LogP contribution is 2.25. The maximum atomic E-state index is 12.5. The number of hydrogen-bond donors (Lipinski definition) is 1. The number of alkyl halides is 2. The fraction of sp³-hybridized carbons (Fsp3) is 0.278. The normalized spacial score (nSPS) is 12.1. The molecule has 0 bridgehead atoms. The Morgan fingerprint density at radius 3 is 2.62 bits per heavy atom. The van der Waals surface area contributed by atoms with Gasteiger partial charge in [-0.05, 0) is 39.0 Å². The van der Waals surface area contributed by atoms with Crippen molar-refractivity contribution >= 4 is 23.3 Å². The van der Waals surface area contributed by atoms with Gasteiger partial charge in [0.25, 0.3) is 17.5 Å². The largest absolute Gasteiger partial charge is 0.447 e. The van der Waals surface area contributed by atoms with Crippen LogP contribution in [0.4, 0.5) is 14.5 Å². The molecule has 152 valence electrons. The van der Waals surface area contributed by atoms with E-state index in [0.29, 0.717) is 5.69 Å². The number of anilines is 1. The van der Waals surface area contributed by atoms with Gasteiger partial charge in [0, 0.05) is 11.4 Å². The minimum Gasteiger partial charge on any atom is -0.447 e. The Bertz CT molecular complexity index is 1070. The first-order chi connectivity index (χ1) is 13.7. The summed E-state index contributed by atoms with van der Waals surface area (Å²) in [7, 11) is 0. The topological polar surface area (TPSA) is 108 Å². The van der Waals surface area contributed by atoms with Gasteiger partial charge in [0.15, 0.2) is 6.10 Å². The molecule has 0 saturated heterocycles. The van der Waals surface area contributed by atoms with E-state index in [9.17, 15) is 18.4 Å². The summed E-state index contributed by atoms with van der Waals surface area (Å²) in [5.41, 5.74) is 1.45. The summed E-state index contributed by atoms with van der Waals surface area (Å²) in [4.78, 5) is 32.8. The van der Waals surface area contributed by atoms with Gasteiger partial charge in [0.1, 0.15) is 5.75 Å². The van der Waals surface area contributed by atoms with Gasteiger partial charge in [0.05, 0.1) is 5.69 Å². The molecule has 1 amide bonds. The molecule has 0 aliphatic heterocycles. The molecule has 1 unspecified atom stereocenters. The fourth-order valence-corrected chi connectivity index (χ4v) is 2.52. The van der Waals surface area contributed by atoms with Crippen LogP contribution < -0.4 is 10.1 Å². The minimum atomic E-state index is -3.05. The summed E-state index contributed by atoms with van der Waals surface area (Å²) >= 11 is 0. The second-order valence-corrected chi connectivity index (χ2v) is 6.10. The number of nitrogens with one attached hydrogen (secondary N) is 1. The molecule has 0 saturated carbocycles. The van der Waals surface area contributed by atoms with Crippen LogP contribution >= 0.6 is 0 Å². The molecular formula is C18H17F2N5O4. The highest BCUT2D eigenvalue weighted by atomic mass is 19.3. The summed E-state index contributed by atoms with van der Waals surface area (Å²) in [6.07, 6.45) is -1.25. The summed E-state index contributed by atoms with van der Waals surface area (Å²) in [6.45, 7) is 1.83. The van der Waals surface area contributed by atoms with Crippen LogP contribution in [0.5, 0.6) is 5.75 Å². The minimum absolute atomic E-state index is 0.0156. The maximum Gasteiger partial charge on any atom is 0.387 e. The van der Waals surface area contributed by atoms with E-state index < -0.39 is 24.6 Å². The number of nitrogens with zero attached hydrogens (tertiary/aromatic N) is 4. The van der Waals surface area contributed by atoms with Gasteiger partial charge >= 0.3 is 12.6 Å². The number of rotatable bonds is 6. The number of amides is 1. The van der Waals surface area contributed by atoms with Gasteiger partial charge in [-0.15, -0.1) is 5.10 Å². The lowest BCUT2D eigenvalue weighted by molar-refractivity contribution is -0.123. The number of carbonyl (C=O) groups excluding carboxylic acids is 2. The number of aryl methyl sites for hydroxylation is 2. The van der Waals surface area contributed by atoms with Gasteiger partial charge in [-0.3, -0.25) is 4.79 Å². The second kappa shape index (κ2) is 8.17. The van der Waals surface area contributed by atoms with Gasteiger partial charge in [-0.25, -0.2) is 14.3 Å². The molecule has 1 N–H and O–H groups in total. The van der Waals surface area contributed by atoms with E-state index in [2.05, 4.69) is 25.1 Å². The third kappa shape index (κ3) is 4.62. The van der Waals surface area contributed by atoms with Crippen molar-refractivity contribution in [3.8, 4) is 5.75 Å². The number of esters is 1. The van der Waals surface area contributed by atoms with Gasteiger partial charge in [0.2, 0.25) is 0 Å². The number of halogens is 2. The van der Waals surface area contributed by atoms with Crippen molar-refractivity contribution in [1.29, 1.82) is 0 Å². The molecule has 0 aliphatic rings. The zero-order valence-corrected chi connectivity index (χ0v) is 15.7. The molecule has 0 aliphatic carbocycles. The van der Waals surface area contributed by atoms with Crippen LogP contribution in [0.25, 0.3) is 5.78 Å². The average molecular weight is 405 g/mol. The molecule has 3 aromatic rings. The molecule has 2 aromatic heterocycles. The third-order valence-electron chi connectivity index (χ3n) is 3.81. The van der Waals surface area contributed by atoms with E-state index in [1.54, 1.807) is 19.9 Å². The number of ether oxygens (including phenoxy) is 2. The number of benzene rings is 1. The molecule has 0 fully saturated rings. The van der Waals surface area contributed by atoms with Crippen LogP contribution in [0.2, 0.25) is 0 Å². The van der Waals surface area contributed by atoms with Crippen LogP contribution in [-0.2, 0) is 9.53 Å². The Kier molecular flexibility index (Phi) is 5.66. The van der Waals surface area contributed by atoms with E-state index >= 15 is 0 Å². The predicted molar refractivity (Wildman–Crippen MR) is 96.8 cm³/mol. The van der Waals surface area contributed by atoms with Crippen LogP contribution in [0.15, 0.2) is 30.3 Å². The quantitative estimate of drug-likeness (QED) is 0.628. The zero-order chi connectivity index (χ0) is 21.1. The number of aromatic nitrogens is 4. The molecular weight excluding hydrogens is 388 g/mol. The van der Waals surface area contributed by atoms with Crippen molar-refractivity contribution in [3.63, 3.8) is 0 Å². The molecule has 9 nitrogen and oxygen atoms in total. The monoisotopic (exact) mass is 405 g/mol. The summed E-state index contributed by atoms with van der Waals surface area (Å²) in [6, 6.07) is 7.43. The SMILES string of the molecule is Cc1cc(C)n2nc(C(=O)OC(C)C(=O)Nc3ccccc3OC(F)F)nc2n1. The van der Waals surface area contributed by atoms with Crippen molar-refractivity contribution in [2.75, 3.05) is 5.32 Å². The Balaban J connectivity index is 1.70. The highest BCUT2D eigenvalue weighted by Gasteiger charge is 2.24. The molecule has 0 spiro atoms. The first-order valence-corrected chi connectivity index (χ1v) is 8.51. The van der Waals surface area contributed by atoms with Crippen LogP contribution in [-0.4, -0.2) is 44.2 Å². The van der Waals surface area contributed by atoms with Crippen molar-refractivity contribution in [1.82, 2.24) is 19.6 Å². The van der Waals surface area contributed by atoms with Gasteiger partial charge in [-0.1, -0.05) is 12.1 Å². The van der Waals surface area contributed by atoms with E-state index in [4.69, 9.17) is 4.74 Å². The number of hydrogen-bond acceptors (Lipinski definition) is 7. The van der Waals surface area contributed by atoms with Crippen molar-refractivity contribution < 1.29 is 27.8 Å². The molecule has 11 heteroatoms.